The molecule has 1 saturated heterocycles. The van der Waals surface area contributed by atoms with Crippen molar-refractivity contribution in [2.24, 2.45) is 5.90 Å². The summed E-state index contributed by atoms with van der Waals surface area (Å²) >= 11 is 0. The van der Waals surface area contributed by atoms with Crippen LogP contribution in [0, 0.1) is 0 Å². The molecule has 0 aliphatic carbocycles. The lowest BCUT2D eigenvalue weighted by atomic mass is 10.2. The van der Waals surface area contributed by atoms with E-state index in [4.69, 9.17) is 11.0 Å². The van der Waals surface area contributed by atoms with Gasteiger partial charge in [0.2, 0.25) is 0 Å². The molecule has 5 nitrogen and oxygen atoms in total. The third-order valence-electron chi connectivity index (χ3n) is 1.62. The second kappa shape index (κ2) is 2.96. The Bertz CT molecular complexity index is 139. The van der Waals surface area contributed by atoms with Gasteiger partial charge in [-0.2, -0.15) is 11.0 Å². The minimum atomic E-state index is -0.872. The van der Waals surface area contributed by atoms with Gasteiger partial charge in [0.15, 0.2) is 0 Å². The van der Waals surface area contributed by atoms with Crippen LogP contribution in [-0.2, 0) is 9.73 Å². The Kier molecular flexibility index (Phi) is 2.21. The van der Waals surface area contributed by atoms with E-state index in [-0.39, 0.29) is 0 Å². The third-order valence-corrected chi connectivity index (χ3v) is 1.62. The summed E-state index contributed by atoms with van der Waals surface area (Å²) in [7, 11) is 0. The first-order valence-corrected chi connectivity index (χ1v) is 3.12. The highest BCUT2D eigenvalue weighted by Gasteiger charge is 2.30. The Hall–Kier alpha value is -0.650. The van der Waals surface area contributed by atoms with E-state index in [2.05, 4.69) is 4.94 Å². The quantitative estimate of drug-likeness (QED) is 0.506. The molecule has 10 heavy (non-hydrogen) atoms. The molecule has 0 aromatic rings. The van der Waals surface area contributed by atoms with E-state index >= 15 is 0 Å². The first-order valence-electron chi connectivity index (χ1n) is 3.12. The minimum absolute atomic E-state index is 0.551. The third kappa shape index (κ3) is 1.26. The number of nitrogens with two attached hydrogens (primary N) is 1. The minimum Gasteiger partial charge on any atom is -0.480 e. The number of hydrogen-bond acceptors (Lipinski definition) is 4. The molecule has 1 heterocycles. The number of nitrogens with zero attached hydrogens (tertiary/aromatic N) is 1. The molecule has 0 bridgehead atoms. The monoisotopic (exact) mass is 146 g/mol. The van der Waals surface area contributed by atoms with E-state index < -0.39 is 12.0 Å². The summed E-state index contributed by atoms with van der Waals surface area (Å²) < 4.78 is 0. The van der Waals surface area contributed by atoms with Gasteiger partial charge in [-0.3, -0.25) is 4.79 Å². The molecule has 0 aromatic carbocycles. The van der Waals surface area contributed by atoms with E-state index in [0.29, 0.717) is 13.0 Å². The van der Waals surface area contributed by atoms with E-state index in [1.165, 1.54) is 5.06 Å². The molecule has 58 valence electrons. The van der Waals surface area contributed by atoms with Crippen molar-refractivity contribution in [3.8, 4) is 0 Å². The topological polar surface area (TPSA) is 75.8 Å². The maximum Gasteiger partial charge on any atom is 0.323 e. The molecule has 1 atom stereocenters. The smallest absolute Gasteiger partial charge is 0.323 e. The van der Waals surface area contributed by atoms with Crippen molar-refractivity contribution in [2.75, 3.05) is 6.54 Å². The lowest BCUT2D eigenvalue weighted by Crippen LogP contribution is -2.37. The average molecular weight is 146 g/mol. The molecule has 0 radical (unpaired) electrons. The van der Waals surface area contributed by atoms with E-state index in [9.17, 15) is 4.79 Å². The van der Waals surface area contributed by atoms with Crippen LogP contribution in [0.3, 0.4) is 0 Å². The van der Waals surface area contributed by atoms with Crippen molar-refractivity contribution in [1.82, 2.24) is 5.06 Å². The number of rotatable bonds is 2. The van der Waals surface area contributed by atoms with Crippen LogP contribution in [-0.4, -0.2) is 28.7 Å². The zero-order valence-electron chi connectivity index (χ0n) is 5.49. The maximum atomic E-state index is 10.4. The van der Waals surface area contributed by atoms with Gasteiger partial charge in [0.05, 0.1) is 0 Å². The van der Waals surface area contributed by atoms with Crippen molar-refractivity contribution < 1.29 is 14.8 Å². The van der Waals surface area contributed by atoms with Gasteiger partial charge < -0.3 is 5.11 Å². The summed E-state index contributed by atoms with van der Waals surface area (Å²) in [4.78, 5) is 14.7. The number of hydrogen-bond donors (Lipinski definition) is 2. The number of hydroxylamine groups is 2. The van der Waals surface area contributed by atoms with E-state index in [1.54, 1.807) is 0 Å². The van der Waals surface area contributed by atoms with Crippen LogP contribution < -0.4 is 5.90 Å². The van der Waals surface area contributed by atoms with E-state index in [0.717, 1.165) is 6.42 Å². The van der Waals surface area contributed by atoms with Crippen molar-refractivity contribution in [2.45, 2.75) is 18.9 Å². The fraction of sp³-hybridized carbons (Fsp3) is 0.800. The highest BCUT2D eigenvalue weighted by atomic mass is 16.8. The fourth-order valence-corrected chi connectivity index (χ4v) is 1.11. The van der Waals surface area contributed by atoms with Gasteiger partial charge in [-0.1, -0.05) is 0 Å². The molecule has 1 aliphatic heterocycles. The van der Waals surface area contributed by atoms with E-state index in [1.807, 2.05) is 0 Å². The summed E-state index contributed by atoms with van der Waals surface area (Å²) in [6.45, 7) is 0.605. The van der Waals surface area contributed by atoms with Crippen LogP contribution in [0.15, 0.2) is 0 Å². The Morgan fingerprint density at radius 1 is 1.80 bits per heavy atom. The molecule has 0 amide bonds. The van der Waals surface area contributed by atoms with Crippen LogP contribution in [0.5, 0.6) is 0 Å². The Labute approximate surface area is 58.3 Å². The lowest BCUT2D eigenvalue weighted by molar-refractivity contribution is -0.188. The molecule has 3 N–H and O–H groups in total. The maximum absolute atomic E-state index is 10.4. The van der Waals surface area contributed by atoms with Crippen molar-refractivity contribution in [3.63, 3.8) is 0 Å². The van der Waals surface area contributed by atoms with Gasteiger partial charge in [-0.05, 0) is 12.8 Å². The molecular weight excluding hydrogens is 136 g/mol. The summed E-state index contributed by atoms with van der Waals surface area (Å²) in [5.74, 6) is 3.95. The van der Waals surface area contributed by atoms with Crippen LogP contribution in [0.2, 0.25) is 0 Å². The molecule has 1 aliphatic rings. The van der Waals surface area contributed by atoms with Gasteiger partial charge in [0.25, 0.3) is 0 Å². The predicted octanol–water partition coefficient (Wildman–Crippen LogP) is -0.659. The second-order valence-electron chi connectivity index (χ2n) is 2.24. The Morgan fingerprint density at radius 3 is 2.90 bits per heavy atom. The molecule has 1 fully saturated rings. The first-order chi connectivity index (χ1) is 4.75. The SMILES string of the molecule is NON1CCCC1C(=O)O. The standard InChI is InChI=1S/C5H10N2O3/c6-10-7-3-1-2-4(7)5(8)9/h4H,1-3,6H2,(H,8,9). The molecule has 0 aromatic heterocycles. The fourth-order valence-electron chi connectivity index (χ4n) is 1.11. The molecule has 0 saturated carbocycles. The average Bonchev–Trinajstić information content (AvgIpc) is 2.33. The predicted molar refractivity (Wildman–Crippen MR) is 32.6 cm³/mol. The Morgan fingerprint density at radius 2 is 2.50 bits per heavy atom. The highest BCUT2D eigenvalue weighted by molar-refractivity contribution is 5.73. The summed E-state index contributed by atoms with van der Waals surface area (Å²) in [5.41, 5.74) is 0. The van der Waals surface area contributed by atoms with Gasteiger partial charge in [0, 0.05) is 6.54 Å². The van der Waals surface area contributed by atoms with Gasteiger partial charge in [-0.15, -0.1) is 0 Å². The summed E-state index contributed by atoms with van der Waals surface area (Å²) in [6.07, 6.45) is 1.45. The second-order valence-corrected chi connectivity index (χ2v) is 2.24. The number of carboxylic acid groups (broad SMARTS) is 1. The first kappa shape index (κ1) is 7.46. The van der Waals surface area contributed by atoms with Crippen LogP contribution >= 0.6 is 0 Å². The van der Waals surface area contributed by atoms with Crippen molar-refractivity contribution >= 4 is 5.97 Å². The van der Waals surface area contributed by atoms with Crippen LogP contribution in [0.1, 0.15) is 12.8 Å². The molecule has 0 spiro atoms. The van der Waals surface area contributed by atoms with Gasteiger partial charge in [-0.25, -0.2) is 4.94 Å². The molecule has 1 rings (SSSR count). The normalized spacial score (nSPS) is 27.1. The zero-order chi connectivity index (χ0) is 7.56. The highest BCUT2D eigenvalue weighted by Crippen LogP contribution is 2.15. The van der Waals surface area contributed by atoms with Gasteiger partial charge >= 0.3 is 5.97 Å². The molecular formula is C5H10N2O3. The number of carboxylic acids is 1. The summed E-state index contributed by atoms with van der Waals surface area (Å²) in [6, 6.07) is -0.551. The Balaban J connectivity index is 2.50. The number of aliphatic carboxylic acids is 1. The van der Waals surface area contributed by atoms with Crippen LogP contribution in [0.25, 0.3) is 0 Å². The number of carbonyl (C=O) groups is 1. The van der Waals surface area contributed by atoms with Crippen molar-refractivity contribution in [3.05, 3.63) is 0 Å². The zero-order valence-corrected chi connectivity index (χ0v) is 5.49. The molecule has 5 heteroatoms. The largest absolute Gasteiger partial charge is 0.480 e. The van der Waals surface area contributed by atoms with Crippen LogP contribution in [0.4, 0.5) is 0 Å². The van der Waals surface area contributed by atoms with Gasteiger partial charge in [0.1, 0.15) is 6.04 Å². The van der Waals surface area contributed by atoms with Crippen molar-refractivity contribution in [1.29, 1.82) is 0 Å². The molecule has 1 unspecified atom stereocenters. The summed E-state index contributed by atoms with van der Waals surface area (Å²) in [5, 5.41) is 9.82. The lowest BCUT2D eigenvalue weighted by Gasteiger charge is -2.15.